The van der Waals surface area contributed by atoms with Gasteiger partial charge in [-0.3, -0.25) is 0 Å². The van der Waals surface area contributed by atoms with E-state index < -0.39 is 0 Å². The second-order valence-electron chi connectivity index (χ2n) is 6.15. The van der Waals surface area contributed by atoms with Crippen molar-refractivity contribution in [3.05, 3.63) is 41.2 Å². The smallest absolute Gasteiger partial charge is 0.136 e. The fourth-order valence-electron chi connectivity index (χ4n) is 2.99. The van der Waals surface area contributed by atoms with Crippen LogP contribution in [-0.2, 0) is 0 Å². The number of aromatic nitrogens is 2. The molecule has 0 unspecified atom stereocenters. The average Bonchev–Trinajstić information content (AvgIpc) is 2.50. The minimum absolute atomic E-state index is 0.815. The fraction of sp³-hybridized carbons (Fsp3) is 0.444. The van der Waals surface area contributed by atoms with E-state index in [-0.39, 0.29) is 0 Å². The van der Waals surface area contributed by atoms with Crippen LogP contribution < -0.4 is 10.2 Å². The van der Waals surface area contributed by atoms with Crippen molar-refractivity contribution in [3.63, 3.8) is 0 Å². The van der Waals surface area contributed by atoms with E-state index >= 15 is 0 Å². The summed E-state index contributed by atoms with van der Waals surface area (Å²) < 4.78 is 0. The van der Waals surface area contributed by atoms with Crippen LogP contribution in [0.25, 0.3) is 0 Å². The quantitative estimate of drug-likeness (QED) is 0.924. The number of rotatable bonds is 3. The third-order valence-corrected chi connectivity index (χ3v) is 4.15. The predicted molar refractivity (Wildman–Crippen MR) is 92.0 cm³/mol. The standard InChI is InChI=1S/C18H24N4/c1-13-7-8-16(14(2)11-13)21-17-12-18(20-15(3)19-17)22-9-5-4-6-10-22/h7-8,11-12H,4-6,9-10H2,1-3H3,(H,19,20,21). The van der Waals surface area contributed by atoms with Gasteiger partial charge in [-0.2, -0.15) is 0 Å². The SMILES string of the molecule is Cc1ccc(Nc2cc(N3CCCCC3)nc(C)n2)c(C)c1. The van der Waals surface area contributed by atoms with Crippen LogP contribution in [0.2, 0.25) is 0 Å². The number of nitrogens with zero attached hydrogens (tertiary/aromatic N) is 3. The third kappa shape index (κ3) is 3.38. The van der Waals surface area contributed by atoms with E-state index in [0.717, 1.165) is 36.2 Å². The highest BCUT2D eigenvalue weighted by Crippen LogP contribution is 2.24. The topological polar surface area (TPSA) is 41.0 Å². The van der Waals surface area contributed by atoms with Crippen molar-refractivity contribution >= 4 is 17.3 Å². The van der Waals surface area contributed by atoms with Gasteiger partial charge in [-0.1, -0.05) is 17.7 Å². The summed E-state index contributed by atoms with van der Waals surface area (Å²) in [5.41, 5.74) is 3.61. The first-order valence-electron chi connectivity index (χ1n) is 8.07. The van der Waals surface area contributed by atoms with Gasteiger partial charge in [0.2, 0.25) is 0 Å². The van der Waals surface area contributed by atoms with Crippen LogP contribution in [0.15, 0.2) is 24.3 Å². The summed E-state index contributed by atoms with van der Waals surface area (Å²) in [6, 6.07) is 8.48. The van der Waals surface area contributed by atoms with Crippen molar-refractivity contribution in [2.24, 2.45) is 0 Å². The molecule has 1 aliphatic rings. The van der Waals surface area contributed by atoms with Crippen molar-refractivity contribution in [3.8, 4) is 0 Å². The highest BCUT2D eigenvalue weighted by atomic mass is 15.2. The molecule has 4 nitrogen and oxygen atoms in total. The molecule has 22 heavy (non-hydrogen) atoms. The average molecular weight is 296 g/mol. The number of benzene rings is 1. The molecule has 2 heterocycles. The second-order valence-corrected chi connectivity index (χ2v) is 6.15. The van der Waals surface area contributed by atoms with Crippen LogP contribution in [0, 0.1) is 20.8 Å². The molecule has 3 rings (SSSR count). The maximum absolute atomic E-state index is 4.61. The Labute approximate surface area is 132 Å². The van der Waals surface area contributed by atoms with E-state index in [1.54, 1.807) is 0 Å². The molecule has 1 N–H and O–H groups in total. The van der Waals surface area contributed by atoms with Gasteiger partial charge >= 0.3 is 0 Å². The number of nitrogens with one attached hydrogen (secondary N) is 1. The number of hydrogen-bond donors (Lipinski definition) is 1. The summed E-state index contributed by atoms with van der Waals surface area (Å²) >= 11 is 0. The van der Waals surface area contributed by atoms with E-state index in [0.29, 0.717) is 0 Å². The molecule has 0 saturated carbocycles. The molecule has 1 aromatic carbocycles. The van der Waals surface area contributed by atoms with E-state index in [1.165, 1.54) is 30.4 Å². The molecule has 1 aliphatic heterocycles. The van der Waals surface area contributed by atoms with E-state index in [9.17, 15) is 0 Å². The minimum Gasteiger partial charge on any atom is -0.356 e. The van der Waals surface area contributed by atoms with Gasteiger partial charge in [0.05, 0.1) is 0 Å². The first-order chi connectivity index (χ1) is 10.6. The minimum atomic E-state index is 0.815. The Morgan fingerprint density at radius 3 is 2.45 bits per heavy atom. The Morgan fingerprint density at radius 1 is 0.955 bits per heavy atom. The van der Waals surface area contributed by atoms with Crippen molar-refractivity contribution in [2.75, 3.05) is 23.3 Å². The molecule has 4 heteroatoms. The highest BCUT2D eigenvalue weighted by Gasteiger charge is 2.14. The lowest BCUT2D eigenvalue weighted by atomic mass is 10.1. The number of aryl methyl sites for hydroxylation is 3. The molecule has 0 bridgehead atoms. The Bertz CT molecular complexity index is 660. The summed E-state index contributed by atoms with van der Waals surface area (Å²) in [4.78, 5) is 11.5. The molecule has 1 saturated heterocycles. The lowest BCUT2D eigenvalue weighted by Crippen LogP contribution is -2.30. The highest BCUT2D eigenvalue weighted by molar-refractivity contribution is 5.63. The maximum atomic E-state index is 4.61. The summed E-state index contributed by atoms with van der Waals surface area (Å²) in [5, 5.41) is 3.44. The van der Waals surface area contributed by atoms with Crippen molar-refractivity contribution < 1.29 is 0 Å². The Hall–Kier alpha value is -2.10. The molecule has 0 amide bonds. The Balaban J connectivity index is 1.85. The summed E-state index contributed by atoms with van der Waals surface area (Å²) in [5.74, 6) is 2.73. The van der Waals surface area contributed by atoms with Gasteiger partial charge in [-0.25, -0.2) is 9.97 Å². The van der Waals surface area contributed by atoms with Gasteiger partial charge in [0, 0.05) is 24.8 Å². The Morgan fingerprint density at radius 2 is 1.73 bits per heavy atom. The first kappa shape index (κ1) is 14.8. The van der Waals surface area contributed by atoms with Gasteiger partial charge in [0.15, 0.2) is 0 Å². The predicted octanol–water partition coefficient (Wildman–Crippen LogP) is 4.14. The molecule has 116 valence electrons. The Kier molecular flexibility index (Phi) is 4.27. The summed E-state index contributed by atoms with van der Waals surface area (Å²) in [6.07, 6.45) is 3.83. The largest absolute Gasteiger partial charge is 0.356 e. The normalized spacial score (nSPS) is 15.0. The van der Waals surface area contributed by atoms with Crippen molar-refractivity contribution in [2.45, 2.75) is 40.0 Å². The van der Waals surface area contributed by atoms with Gasteiger partial charge in [-0.15, -0.1) is 0 Å². The van der Waals surface area contributed by atoms with Crippen molar-refractivity contribution in [1.82, 2.24) is 9.97 Å². The zero-order chi connectivity index (χ0) is 15.5. The van der Waals surface area contributed by atoms with Crippen LogP contribution in [0.1, 0.15) is 36.2 Å². The molecule has 2 aromatic rings. The molecule has 1 fully saturated rings. The van der Waals surface area contributed by atoms with Crippen molar-refractivity contribution in [1.29, 1.82) is 0 Å². The summed E-state index contributed by atoms with van der Waals surface area (Å²) in [6.45, 7) is 8.38. The lowest BCUT2D eigenvalue weighted by molar-refractivity contribution is 0.572. The van der Waals surface area contributed by atoms with Gasteiger partial charge in [-0.05, 0) is 51.7 Å². The van der Waals surface area contributed by atoms with Gasteiger partial charge in [0.1, 0.15) is 17.5 Å². The molecule has 0 radical (unpaired) electrons. The molecule has 1 aromatic heterocycles. The third-order valence-electron chi connectivity index (χ3n) is 4.15. The number of piperidine rings is 1. The monoisotopic (exact) mass is 296 g/mol. The molecule has 0 atom stereocenters. The molecule has 0 spiro atoms. The summed E-state index contributed by atoms with van der Waals surface area (Å²) in [7, 11) is 0. The van der Waals surface area contributed by atoms with E-state index in [1.807, 2.05) is 6.92 Å². The van der Waals surface area contributed by atoms with Crippen LogP contribution >= 0.6 is 0 Å². The maximum Gasteiger partial charge on any atom is 0.136 e. The fourth-order valence-corrected chi connectivity index (χ4v) is 2.99. The lowest BCUT2D eigenvalue weighted by Gasteiger charge is -2.28. The zero-order valence-electron chi connectivity index (χ0n) is 13.7. The molecule has 0 aliphatic carbocycles. The zero-order valence-corrected chi connectivity index (χ0v) is 13.7. The second kappa shape index (κ2) is 6.34. The number of anilines is 3. The van der Waals surface area contributed by atoms with Crippen LogP contribution in [0.5, 0.6) is 0 Å². The molecular formula is C18H24N4. The van der Waals surface area contributed by atoms with E-state index in [4.69, 9.17) is 0 Å². The van der Waals surface area contributed by atoms with Crippen LogP contribution in [-0.4, -0.2) is 23.1 Å². The first-order valence-corrected chi connectivity index (χ1v) is 8.07. The van der Waals surface area contributed by atoms with Crippen LogP contribution in [0.4, 0.5) is 17.3 Å². The van der Waals surface area contributed by atoms with Gasteiger partial charge < -0.3 is 10.2 Å². The van der Waals surface area contributed by atoms with E-state index in [2.05, 4.69) is 58.3 Å². The van der Waals surface area contributed by atoms with Crippen LogP contribution in [0.3, 0.4) is 0 Å². The van der Waals surface area contributed by atoms with Gasteiger partial charge in [0.25, 0.3) is 0 Å². The number of hydrogen-bond acceptors (Lipinski definition) is 4. The molecular weight excluding hydrogens is 272 g/mol.